The molecule has 2 N–H and O–H groups in total. The van der Waals surface area contributed by atoms with Crippen LogP contribution < -0.4 is 5.73 Å². The molecule has 1 aliphatic carbocycles. The van der Waals surface area contributed by atoms with Gasteiger partial charge in [0.05, 0.1) is 0 Å². The lowest BCUT2D eigenvalue weighted by atomic mass is 9.85. The SMILES string of the molecule is CC1CCCCC1N(C)C[C@@H](C)N. The molecule has 2 nitrogen and oxygen atoms in total. The van der Waals surface area contributed by atoms with Crippen LogP contribution in [0.2, 0.25) is 0 Å². The summed E-state index contributed by atoms with van der Waals surface area (Å²) >= 11 is 0. The van der Waals surface area contributed by atoms with E-state index in [0.717, 1.165) is 18.5 Å². The Kier molecular flexibility index (Phi) is 4.20. The lowest BCUT2D eigenvalue weighted by molar-refractivity contribution is 0.135. The van der Waals surface area contributed by atoms with Crippen molar-refractivity contribution in [3.8, 4) is 0 Å². The molecule has 1 aliphatic rings. The molecule has 0 radical (unpaired) electrons. The first-order valence-electron chi connectivity index (χ1n) is 5.57. The van der Waals surface area contributed by atoms with Gasteiger partial charge >= 0.3 is 0 Å². The van der Waals surface area contributed by atoms with Gasteiger partial charge in [-0.1, -0.05) is 19.8 Å². The third-order valence-electron chi connectivity index (χ3n) is 3.21. The van der Waals surface area contributed by atoms with E-state index >= 15 is 0 Å². The molecule has 78 valence electrons. The third-order valence-corrected chi connectivity index (χ3v) is 3.21. The summed E-state index contributed by atoms with van der Waals surface area (Å²) in [5.41, 5.74) is 5.80. The van der Waals surface area contributed by atoms with Crippen molar-refractivity contribution in [3.63, 3.8) is 0 Å². The van der Waals surface area contributed by atoms with Gasteiger partial charge in [-0.15, -0.1) is 0 Å². The van der Waals surface area contributed by atoms with Gasteiger partial charge in [0.25, 0.3) is 0 Å². The van der Waals surface area contributed by atoms with E-state index in [1.807, 2.05) is 0 Å². The Morgan fingerprint density at radius 3 is 2.54 bits per heavy atom. The third kappa shape index (κ3) is 3.28. The molecule has 0 spiro atoms. The second-order valence-electron chi connectivity index (χ2n) is 4.75. The number of hydrogen-bond acceptors (Lipinski definition) is 2. The number of hydrogen-bond donors (Lipinski definition) is 1. The van der Waals surface area contributed by atoms with Crippen LogP contribution in [-0.2, 0) is 0 Å². The van der Waals surface area contributed by atoms with E-state index in [-0.39, 0.29) is 0 Å². The quantitative estimate of drug-likeness (QED) is 0.725. The monoisotopic (exact) mass is 184 g/mol. The fourth-order valence-corrected chi connectivity index (χ4v) is 2.54. The first kappa shape index (κ1) is 11.0. The zero-order chi connectivity index (χ0) is 9.84. The average Bonchev–Trinajstić information content (AvgIpc) is 2.03. The summed E-state index contributed by atoms with van der Waals surface area (Å²) in [6.45, 7) is 5.50. The highest BCUT2D eigenvalue weighted by Gasteiger charge is 2.24. The maximum absolute atomic E-state index is 5.80. The predicted octanol–water partition coefficient (Wildman–Crippen LogP) is 1.84. The Morgan fingerprint density at radius 2 is 2.00 bits per heavy atom. The minimum absolute atomic E-state index is 0.305. The summed E-state index contributed by atoms with van der Waals surface area (Å²) in [5, 5.41) is 0. The molecule has 13 heavy (non-hydrogen) atoms. The van der Waals surface area contributed by atoms with Gasteiger partial charge in [-0.25, -0.2) is 0 Å². The van der Waals surface area contributed by atoms with Crippen molar-refractivity contribution < 1.29 is 0 Å². The zero-order valence-electron chi connectivity index (χ0n) is 9.29. The summed E-state index contributed by atoms with van der Waals surface area (Å²) < 4.78 is 0. The van der Waals surface area contributed by atoms with Gasteiger partial charge < -0.3 is 10.6 Å². The molecule has 0 aromatic heterocycles. The predicted molar refractivity (Wildman–Crippen MR) is 57.7 cm³/mol. The molecular formula is C11H24N2. The van der Waals surface area contributed by atoms with Crippen LogP contribution in [0.15, 0.2) is 0 Å². The molecule has 0 bridgehead atoms. The van der Waals surface area contributed by atoms with E-state index in [9.17, 15) is 0 Å². The second-order valence-corrected chi connectivity index (χ2v) is 4.75. The maximum atomic E-state index is 5.80. The van der Waals surface area contributed by atoms with E-state index in [1.54, 1.807) is 0 Å². The molecule has 3 atom stereocenters. The zero-order valence-corrected chi connectivity index (χ0v) is 9.29. The highest BCUT2D eigenvalue weighted by atomic mass is 15.1. The Hall–Kier alpha value is -0.0800. The molecule has 1 saturated carbocycles. The average molecular weight is 184 g/mol. The van der Waals surface area contributed by atoms with Crippen LogP contribution in [0.1, 0.15) is 39.5 Å². The highest BCUT2D eigenvalue weighted by molar-refractivity contribution is 4.80. The smallest absolute Gasteiger partial charge is 0.0139 e. The van der Waals surface area contributed by atoms with Crippen LogP contribution >= 0.6 is 0 Å². The lowest BCUT2D eigenvalue weighted by Crippen LogP contribution is -2.44. The number of likely N-dealkylation sites (N-methyl/N-ethyl adjacent to an activating group) is 1. The van der Waals surface area contributed by atoms with Crippen LogP contribution in [0.5, 0.6) is 0 Å². The molecule has 1 rings (SSSR count). The van der Waals surface area contributed by atoms with Gasteiger partial charge in [-0.2, -0.15) is 0 Å². The molecular weight excluding hydrogens is 160 g/mol. The summed E-state index contributed by atoms with van der Waals surface area (Å²) in [7, 11) is 2.22. The molecule has 2 unspecified atom stereocenters. The molecule has 2 heteroatoms. The minimum Gasteiger partial charge on any atom is -0.327 e. The van der Waals surface area contributed by atoms with Gasteiger partial charge in [0.1, 0.15) is 0 Å². The number of nitrogens with two attached hydrogens (primary N) is 1. The Balaban J connectivity index is 2.39. The van der Waals surface area contributed by atoms with E-state index in [1.165, 1.54) is 25.7 Å². The van der Waals surface area contributed by atoms with Crippen LogP contribution in [0.25, 0.3) is 0 Å². The number of rotatable bonds is 3. The summed E-state index contributed by atoms with van der Waals surface area (Å²) in [6, 6.07) is 1.08. The van der Waals surface area contributed by atoms with Crippen molar-refractivity contribution in [2.75, 3.05) is 13.6 Å². The van der Waals surface area contributed by atoms with Crippen LogP contribution in [0.4, 0.5) is 0 Å². The fourth-order valence-electron chi connectivity index (χ4n) is 2.54. The van der Waals surface area contributed by atoms with E-state index in [4.69, 9.17) is 5.73 Å². The van der Waals surface area contributed by atoms with Crippen molar-refractivity contribution in [3.05, 3.63) is 0 Å². The number of nitrogens with zero attached hydrogens (tertiary/aromatic N) is 1. The van der Waals surface area contributed by atoms with Crippen LogP contribution in [0.3, 0.4) is 0 Å². The van der Waals surface area contributed by atoms with E-state index in [2.05, 4.69) is 25.8 Å². The summed E-state index contributed by atoms with van der Waals surface area (Å²) in [6.07, 6.45) is 5.58. The Morgan fingerprint density at radius 1 is 1.38 bits per heavy atom. The lowest BCUT2D eigenvalue weighted by Gasteiger charge is -2.37. The van der Waals surface area contributed by atoms with E-state index < -0.39 is 0 Å². The molecule has 0 aliphatic heterocycles. The van der Waals surface area contributed by atoms with E-state index in [0.29, 0.717) is 6.04 Å². The van der Waals surface area contributed by atoms with Gasteiger partial charge in [-0.05, 0) is 32.7 Å². The standard InChI is InChI=1S/C11H24N2/c1-9-6-4-5-7-11(9)13(3)8-10(2)12/h9-11H,4-8,12H2,1-3H3/t9?,10-,11?/m1/s1. The van der Waals surface area contributed by atoms with Crippen molar-refractivity contribution in [1.82, 2.24) is 4.90 Å². The fraction of sp³-hybridized carbons (Fsp3) is 1.00. The molecule has 0 amide bonds. The normalized spacial score (nSPS) is 32.1. The molecule has 0 aromatic rings. The Labute approximate surface area is 82.5 Å². The van der Waals surface area contributed by atoms with Crippen LogP contribution in [-0.4, -0.2) is 30.6 Å². The molecule has 1 fully saturated rings. The van der Waals surface area contributed by atoms with Crippen molar-refractivity contribution in [2.24, 2.45) is 11.7 Å². The van der Waals surface area contributed by atoms with Gasteiger partial charge in [-0.3, -0.25) is 0 Å². The summed E-state index contributed by atoms with van der Waals surface area (Å²) in [5.74, 6) is 0.859. The maximum Gasteiger partial charge on any atom is 0.0139 e. The van der Waals surface area contributed by atoms with Crippen molar-refractivity contribution in [1.29, 1.82) is 0 Å². The largest absolute Gasteiger partial charge is 0.327 e. The Bertz CT molecular complexity index is 145. The topological polar surface area (TPSA) is 29.3 Å². The molecule has 0 heterocycles. The first-order valence-corrected chi connectivity index (χ1v) is 5.57. The van der Waals surface area contributed by atoms with Crippen molar-refractivity contribution >= 4 is 0 Å². The van der Waals surface area contributed by atoms with Crippen molar-refractivity contribution in [2.45, 2.75) is 51.6 Å². The van der Waals surface area contributed by atoms with Crippen LogP contribution in [0, 0.1) is 5.92 Å². The molecule has 0 aromatic carbocycles. The van der Waals surface area contributed by atoms with Gasteiger partial charge in [0.2, 0.25) is 0 Å². The second kappa shape index (κ2) is 4.97. The summed E-state index contributed by atoms with van der Waals surface area (Å²) in [4.78, 5) is 2.45. The van der Waals surface area contributed by atoms with Gasteiger partial charge in [0, 0.05) is 18.6 Å². The molecule has 0 saturated heterocycles. The van der Waals surface area contributed by atoms with Gasteiger partial charge in [0.15, 0.2) is 0 Å². The minimum atomic E-state index is 0.305. The highest BCUT2D eigenvalue weighted by Crippen LogP contribution is 2.27. The first-order chi connectivity index (χ1) is 6.11.